The molecule has 0 saturated carbocycles. The molecule has 0 amide bonds. The molecule has 0 radical (unpaired) electrons. The van der Waals surface area contributed by atoms with Gasteiger partial charge in [0.15, 0.2) is 0 Å². The minimum atomic E-state index is 0.953. The zero-order valence-corrected chi connectivity index (χ0v) is 7.18. The number of halogens is 1. The first kappa shape index (κ1) is 7.44. The summed E-state index contributed by atoms with van der Waals surface area (Å²) >= 11 is 5.56. The highest BCUT2D eigenvalue weighted by atomic mass is 35.5. The van der Waals surface area contributed by atoms with E-state index in [9.17, 15) is 0 Å². The van der Waals surface area contributed by atoms with Crippen LogP contribution in [0.15, 0.2) is 42.5 Å². The van der Waals surface area contributed by atoms with E-state index < -0.39 is 0 Å². The molecule has 0 aliphatic rings. The summed E-state index contributed by atoms with van der Waals surface area (Å²) in [6, 6.07) is 14.1. The number of hydrogen-bond donors (Lipinski definition) is 1. The normalized spacial score (nSPS) is 10.1. The Labute approximate surface area is 76.1 Å². The standard InChI is InChI=1S/C10H8ClN/c11-12-10-7-3-5-8-4-1-2-6-9(8)10/h1-7,12H. The van der Waals surface area contributed by atoms with Crippen LogP contribution in [0.4, 0.5) is 5.69 Å². The summed E-state index contributed by atoms with van der Waals surface area (Å²) in [5.74, 6) is 0. The third-order valence-corrected chi connectivity index (χ3v) is 2.10. The molecule has 2 aromatic rings. The lowest BCUT2D eigenvalue weighted by Crippen LogP contribution is -1.81. The van der Waals surface area contributed by atoms with Crippen molar-refractivity contribution in [1.82, 2.24) is 0 Å². The molecule has 60 valence electrons. The van der Waals surface area contributed by atoms with E-state index >= 15 is 0 Å². The van der Waals surface area contributed by atoms with Crippen molar-refractivity contribution in [3.8, 4) is 0 Å². The van der Waals surface area contributed by atoms with Crippen molar-refractivity contribution in [1.29, 1.82) is 0 Å². The lowest BCUT2D eigenvalue weighted by Gasteiger charge is -2.02. The largest absolute Gasteiger partial charge is 0.298 e. The average Bonchev–Trinajstić information content (AvgIpc) is 2.17. The zero-order chi connectivity index (χ0) is 8.39. The minimum absolute atomic E-state index is 0.953. The maximum absolute atomic E-state index is 5.56. The Hall–Kier alpha value is -1.21. The molecule has 0 aliphatic heterocycles. The smallest absolute Gasteiger partial charge is 0.0570 e. The highest BCUT2D eigenvalue weighted by molar-refractivity contribution is 6.25. The van der Waals surface area contributed by atoms with Crippen LogP contribution >= 0.6 is 11.8 Å². The van der Waals surface area contributed by atoms with Gasteiger partial charge in [-0.05, 0) is 11.5 Å². The van der Waals surface area contributed by atoms with Crippen molar-refractivity contribution >= 4 is 28.2 Å². The van der Waals surface area contributed by atoms with Gasteiger partial charge in [0.25, 0.3) is 0 Å². The molecular weight excluding hydrogens is 170 g/mol. The van der Waals surface area contributed by atoms with Crippen LogP contribution < -0.4 is 4.84 Å². The molecule has 0 spiro atoms. The van der Waals surface area contributed by atoms with E-state index in [4.69, 9.17) is 11.8 Å². The van der Waals surface area contributed by atoms with Crippen LogP contribution in [0.5, 0.6) is 0 Å². The first-order valence-corrected chi connectivity index (χ1v) is 4.14. The molecule has 2 heteroatoms. The number of hydrogen-bond acceptors (Lipinski definition) is 1. The van der Waals surface area contributed by atoms with E-state index in [1.54, 1.807) is 0 Å². The Kier molecular flexibility index (Phi) is 1.88. The SMILES string of the molecule is ClNc1cccc2ccccc12. The molecule has 0 saturated heterocycles. The number of benzene rings is 2. The summed E-state index contributed by atoms with van der Waals surface area (Å²) in [7, 11) is 0. The van der Waals surface area contributed by atoms with Crippen molar-refractivity contribution in [2.45, 2.75) is 0 Å². The van der Waals surface area contributed by atoms with Crippen LogP contribution in [-0.4, -0.2) is 0 Å². The monoisotopic (exact) mass is 177 g/mol. The fraction of sp³-hybridized carbons (Fsp3) is 0. The number of anilines is 1. The third-order valence-electron chi connectivity index (χ3n) is 1.89. The molecule has 0 bridgehead atoms. The third kappa shape index (κ3) is 1.12. The molecule has 2 aromatic carbocycles. The second-order valence-corrected chi connectivity index (χ2v) is 2.81. The van der Waals surface area contributed by atoms with Crippen LogP contribution in [-0.2, 0) is 0 Å². The lowest BCUT2D eigenvalue weighted by molar-refractivity contribution is 1.72. The molecule has 2 rings (SSSR count). The van der Waals surface area contributed by atoms with E-state index in [-0.39, 0.29) is 0 Å². The molecule has 1 nitrogen and oxygen atoms in total. The van der Waals surface area contributed by atoms with Gasteiger partial charge < -0.3 is 0 Å². The van der Waals surface area contributed by atoms with Gasteiger partial charge in [-0.1, -0.05) is 36.4 Å². The van der Waals surface area contributed by atoms with Gasteiger partial charge in [0, 0.05) is 17.2 Å². The van der Waals surface area contributed by atoms with Crippen LogP contribution in [0.1, 0.15) is 0 Å². The first-order valence-electron chi connectivity index (χ1n) is 3.76. The maximum Gasteiger partial charge on any atom is 0.0570 e. The van der Waals surface area contributed by atoms with Crippen LogP contribution in [0.3, 0.4) is 0 Å². The summed E-state index contributed by atoms with van der Waals surface area (Å²) in [6.45, 7) is 0. The van der Waals surface area contributed by atoms with Crippen LogP contribution in [0.25, 0.3) is 10.8 Å². The van der Waals surface area contributed by atoms with E-state index in [1.165, 1.54) is 5.39 Å². The highest BCUT2D eigenvalue weighted by Crippen LogP contribution is 2.22. The molecule has 0 unspecified atom stereocenters. The molecular formula is C10H8ClN. The Balaban J connectivity index is 2.79. The quantitative estimate of drug-likeness (QED) is 0.659. The predicted molar refractivity (Wildman–Crippen MR) is 53.4 cm³/mol. The van der Waals surface area contributed by atoms with Crippen molar-refractivity contribution in [3.05, 3.63) is 42.5 Å². The maximum atomic E-state index is 5.56. The molecule has 0 aliphatic carbocycles. The Morgan fingerprint density at radius 2 is 1.67 bits per heavy atom. The topological polar surface area (TPSA) is 12.0 Å². The fourth-order valence-electron chi connectivity index (χ4n) is 1.31. The second-order valence-electron chi connectivity index (χ2n) is 2.62. The first-order chi connectivity index (χ1) is 5.92. The Bertz CT molecular complexity index is 392. The molecule has 0 atom stereocenters. The summed E-state index contributed by atoms with van der Waals surface area (Å²) in [5, 5.41) is 2.35. The van der Waals surface area contributed by atoms with Gasteiger partial charge in [0.1, 0.15) is 0 Å². The summed E-state index contributed by atoms with van der Waals surface area (Å²) in [5.41, 5.74) is 0.953. The van der Waals surface area contributed by atoms with Gasteiger partial charge in [-0.3, -0.25) is 4.84 Å². The fourth-order valence-corrected chi connectivity index (χ4v) is 1.47. The molecule has 0 fully saturated rings. The van der Waals surface area contributed by atoms with Gasteiger partial charge in [-0.15, -0.1) is 0 Å². The van der Waals surface area contributed by atoms with Gasteiger partial charge in [-0.25, -0.2) is 0 Å². The van der Waals surface area contributed by atoms with Crippen molar-refractivity contribution < 1.29 is 0 Å². The lowest BCUT2D eigenvalue weighted by atomic mass is 10.1. The van der Waals surface area contributed by atoms with Crippen LogP contribution in [0, 0.1) is 0 Å². The molecule has 0 aromatic heterocycles. The zero-order valence-electron chi connectivity index (χ0n) is 6.42. The summed E-state index contributed by atoms with van der Waals surface area (Å²) in [6.07, 6.45) is 0. The number of rotatable bonds is 1. The average molecular weight is 178 g/mol. The van der Waals surface area contributed by atoms with Crippen LogP contribution in [0.2, 0.25) is 0 Å². The van der Waals surface area contributed by atoms with E-state index in [0.29, 0.717) is 0 Å². The molecule has 0 heterocycles. The summed E-state index contributed by atoms with van der Waals surface area (Å²) < 4.78 is 0. The van der Waals surface area contributed by atoms with Crippen molar-refractivity contribution in [2.75, 3.05) is 4.84 Å². The summed E-state index contributed by atoms with van der Waals surface area (Å²) in [4.78, 5) is 2.64. The van der Waals surface area contributed by atoms with Gasteiger partial charge in [0.05, 0.1) is 5.69 Å². The van der Waals surface area contributed by atoms with Crippen molar-refractivity contribution in [2.24, 2.45) is 0 Å². The van der Waals surface area contributed by atoms with Gasteiger partial charge in [0.2, 0.25) is 0 Å². The Morgan fingerprint density at radius 3 is 2.50 bits per heavy atom. The molecule has 1 N–H and O–H groups in total. The van der Waals surface area contributed by atoms with E-state index in [1.807, 2.05) is 30.3 Å². The van der Waals surface area contributed by atoms with E-state index in [0.717, 1.165) is 11.1 Å². The van der Waals surface area contributed by atoms with Crippen molar-refractivity contribution in [3.63, 3.8) is 0 Å². The van der Waals surface area contributed by atoms with Gasteiger partial charge in [-0.2, -0.15) is 0 Å². The highest BCUT2D eigenvalue weighted by Gasteiger charge is 1.96. The Morgan fingerprint density at radius 1 is 0.917 bits per heavy atom. The minimum Gasteiger partial charge on any atom is -0.298 e. The predicted octanol–water partition coefficient (Wildman–Crippen LogP) is 3.41. The second kappa shape index (κ2) is 3.03. The number of fused-ring (bicyclic) bond motifs is 1. The molecule has 12 heavy (non-hydrogen) atoms. The van der Waals surface area contributed by atoms with E-state index in [2.05, 4.69) is 17.0 Å². The van der Waals surface area contributed by atoms with Gasteiger partial charge >= 0.3 is 0 Å². The number of nitrogens with one attached hydrogen (secondary N) is 1.